The molecule has 2 rings (SSSR count). The summed E-state index contributed by atoms with van der Waals surface area (Å²) in [6, 6.07) is 13.8. The lowest BCUT2D eigenvalue weighted by Gasteiger charge is -2.04. The van der Waals surface area contributed by atoms with Crippen LogP contribution in [0.15, 0.2) is 53.6 Å². The lowest BCUT2D eigenvalue weighted by Crippen LogP contribution is -2.24. The molecule has 0 spiro atoms. The van der Waals surface area contributed by atoms with Gasteiger partial charge in [0.2, 0.25) is 11.8 Å². The number of rotatable bonds is 6. The number of hydrazone groups is 1. The molecule has 0 heterocycles. The topological polar surface area (TPSA) is 79.8 Å². The molecule has 0 radical (unpaired) electrons. The molecule has 6 nitrogen and oxygen atoms in total. The summed E-state index contributed by atoms with van der Waals surface area (Å²) >= 11 is 5.76. The van der Waals surface area contributed by atoms with Gasteiger partial charge < -0.3 is 10.1 Å². The Balaban J connectivity index is 1.78. The monoisotopic (exact) mass is 345 g/mol. The third-order valence-electron chi connectivity index (χ3n) is 2.97. The summed E-state index contributed by atoms with van der Waals surface area (Å²) in [7, 11) is 1.58. The van der Waals surface area contributed by atoms with Crippen LogP contribution in [0.2, 0.25) is 5.02 Å². The molecule has 124 valence electrons. The third kappa shape index (κ3) is 5.73. The summed E-state index contributed by atoms with van der Waals surface area (Å²) in [6.45, 7) is 0. The molecule has 2 N–H and O–H groups in total. The summed E-state index contributed by atoms with van der Waals surface area (Å²) in [6.07, 6.45) is 1.15. The maximum absolute atomic E-state index is 11.7. The Morgan fingerprint density at radius 3 is 2.38 bits per heavy atom. The zero-order valence-electron chi connectivity index (χ0n) is 13.0. The third-order valence-corrected chi connectivity index (χ3v) is 3.22. The first-order valence-corrected chi connectivity index (χ1v) is 7.46. The number of methoxy groups -OCH3 is 1. The van der Waals surface area contributed by atoms with Gasteiger partial charge in [-0.05, 0) is 54.1 Å². The van der Waals surface area contributed by atoms with Gasteiger partial charge in [0.15, 0.2) is 0 Å². The van der Waals surface area contributed by atoms with Crippen molar-refractivity contribution in [2.75, 3.05) is 12.4 Å². The average Bonchev–Trinajstić information content (AvgIpc) is 2.57. The molecule has 0 fully saturated rings. The number of nitrogens with zero attached hydrogens (tertiary/aromatic N) is 1. The highest BCUT2D eigenvalue weighted by Gasteiger charge is 2.08. The van der Waals surface area contributed by atoms with Gasteiger partial charge in [-0.1, -0.05) is 11.6 Å². The molecular weight excluding hydrogens is 330 g/mol. The van der Waals surface area contributed by atoms with Crippen molar-refractivity contribution in [3.8, 4) is 5.75 Å². The number of halogens is 1. The lowest BCUT2D eigenvalue weighted by atomic mass is 10.2. The predicted octanol–water partition coefficient (Wildman–Crippen LogP) is 2.83. The van der Waals surface area contributed by atoms with Crippen LogP contribution in [0.4, 0.5) is 5.69 Å². The van der Waals surface area contributed by atoms with Crippen molar-refractivity contribution in [3.05, 3.63) is 59.1 Å². The van der Waals surface area contributed by atoms with Gasteiger partial charge in [0.1, 0.15) is 12.2 Å². The molecule has 2 aromatic rings. The molecule has 7 heteroatoms. The van der Waals surface area contributed by atoms with Gasteiger partial charge in [-0.25, -0.2) is 5.43 Å². The summed E-state index contributed by atoms with van der Waals surface area (Å²) < 4.78 is 5.04. The van der Waals surface area contributed by atoms with E-state index in [0.717, 1.165) is 11.3 Å². The fourth-order valence-corrected chi connectivity index (χ4v) is 1.92. The lowest BCUT2D eigenvalue weighted by molar-refractivity contribution is -0.126. The first-order valence-electron chi connectivity index (χ1n) is 7.08. The second-order valence-electron chi connectivity index (χ2n) is 4.80. The molecule has 0 bridgehead atoms. The van der Waals surface area contributed by atoms with E-state index in [2.05, 4.69) is 15.8 Å². The van der Waals surface area contributed by atoms with E-state index in [1.807, 2.05) is 0 Å². The Kier molecular flexibility index (Phi) is 6.33. The Labute approximate surface area is 144 Å². The van der Waals surface area contributed by atoms with Crippen LogP contribution in [0.1, 0.15) is 12.0 Å². The molecule has 2 amide bonds. The van der Waals surface area contributed by atoms with Gasteiger partial charge in [-0.15, -0.1) is 0 Å². The van der Waals surface area contributed by atoms with Crippen LogP contribution < -0.4 is 15.5 Å². The van der Waals surface area contributed by atoms with E-state index < -0.39 is 11.8 Å². The van der Waals surface area contributed by atoms with Gasteiger partial charge in [0.05, 0.1) is 13.3 Å². The van der Waals surface area contributed by atoms with Crippen LogP contribution in [0.5, 0.6) is 5.75 Å². The van der Waals surface area contributed by atoms with Gasteiger partial charge in [0.25, 0.3) is 0 Å². The standard InChI is InChI=1S/C17H16ClN3O3/c1-24-15-8-2-12(3-9-15)11-19-21-17(23)10-16(22)20-14-6-4-13(18)5-7-14/h2-9,11H,10H2,1H3,(H,20,22)(H,21,23). The molecule has 0 aliphatic heterocycles. The number of hydrogen-bond donors (Lipinski definition) is 2. The smallest absolute Gasteiger partial charge is 0.249 e. The van der Waals surface area contributed by atoms with Crippen molar-refractivity contribution in [2.45, 2.75) is 6.42 Å². The van der Waals surface area contributed by atoms with Crippen molar-refractivity contribution in [3.63, 3.8) is 0 Å². The molecule has 0 saturated carbocycles. The summed E-state index contributed by atoms with van der Waals surface area (Å²) in [4.78, 5) is 23.4. The van der Waals surface area contributed by atoms with Crippen LogP contribution in [0.25, 0.3) is 0 Å². The normalized spacial score (nSPS) is 10.4. The summed E-state index contributed by atoms with van der Waals surface area (Å²) in [5.41, 5.74) is 3.66. The van der Waals surface area contributed by atoms with Crippen molar-refractivity contribution in [1.29, 1.82) is 0 Å². The highest BCUT2D eigenvalue weighted by atomic mass is 35.5. The second kappa shape index (κ2) is 8.69. The van der Waals surface area contributed by atoms with Crippen molar-refractivity contribution in [1.82, 2.24) is 5.43 Å². The number of hydrogen-bond acceptors (Lipinski definition) is 4. The molecule has 0 saturated heterocycles. The molecule has 0 aliphatic carbocycles. The fourth-order valence-electron chi connectivity index (χ4n) is 1.79. The predicted molar refractivity (Wildman–Crippen MR) is 93.4 cm³/mol. The van der Waals surface area contributed by atoms with E-state index >= 15 is 0 Å². The highest BCUT2D eigenvalue weighted by molar-refractivity contribution is 6.30. The highest BCUT2D eigenvalue weighted by Crippen LogP contribution is 2.13. The van der Waals surface area contributed by atoms with E-state index in [4.69, 9.17) is 16.3 Å². The zero-order chi connectivity index (χ0) is 17.4. The molecule has 0 atom stereocenters. The van der Waals surface area contributed by atoms with E-state index in [9.17, 15) is 9.59 Å². The van der Waals surface area contributed by atoms with Crippen molar-refractivity contribution < 1.29 is 14.3 Å². The summed E-state index contributed by atoms with van der Waals surface area (Å²) in [5.74, 6) is -0.212. The van der Waals surface area contributed by atoms with E-state index in [1.165, 1.54) is 6.21 Å². The second-order valence-corrected chi connectivity index (χ2v) is 5.23. The van der Waals surface area contributed by atoms with Gasteiger partial charge in [0, 0.05) is 10.7 Å². The average molecular weight is 346 g/mol. The maximum Gasteiger partial charge on any atom is 0.249 e. The number of amides is 2. The Hall–Kier alpha value is -2.86. The largest absolute Gasteiger partial charge is 0.497 e. The van der Waals surface area contributed by atoms with Gasteiger partial charge >= 0.3 is 0 Å². The van der Waals surface area contributed by atoms with Gasteiger partial charge in [-0.2, -0.15) is 5.10 Å². The maximum atomic E-state index is 11.7. The van der Waals surface area contributed by atoms with E-state index in [1.54, 1.807) is 55.6 Å². The molecule has 2 aromatic carbocycles. The first-order chi connectivity index (χ1) is 11.6. The molecule has 0 aromatic heterocycles. The minimum Gasteiger partial charge on any atom is -0.497 e. The number of carbonyl (C=O) groups is 2. The quantitative estimate of drug-likeness (QED) is 0.480. The number of carbonyl (C=O) groups excluding carboxylic acids is 2. The van der Waals surface area contributed by atoms with E-state index in [0.29, 0.717) is 10.7 Å². The number of benzene rings is 2. The Bertz CT molecular complexity index is 728. The Morgan fingerprint density at radius 2 is 1.75 bits per heavy atom. The first kappa shape index (κ1) is 17.5. The van der Waals surface area contributed by atoms with Crippen molar-refractivity contribution >= 4 is 35.3 Å². The minimum atomic E-state index is -0.508. The minimum absolute atomic E-state index is 0.331. The molecule has 0 aliphatic rings. The molecule has 0 unspecified atom stereocenters. The van der Waals surface area contributed by atoms with Gasteiger partial charge in [-0.3, -0.25) is 9.59 Å². The van der Waals surface area contributed by atoms with Crippen molar-refractivity contribution in [2.24, 2.45) is 5.10 Å². The van der Waals surface area contributed by atoms with E-state index in [-0.39, 0.29) is 6.42 Å². The van der Waals surface area contributed by atoms with Crippen LogP contribution in [0.3, 0.4) is 0 Å². The van der Waals surface area contributed by atoms with Crippen LogP contribution in [-0.4, -0.2) is 25.1 Å². The zero-order valence-corrected chi connectivity index (χ0v) is 13.7. The Morgan fingerprint density at radius 1 is 1.08 bits per heavy atom. The number of anilines is 1. The molecular formula is C17H16ClN3O3. The SMILES string of the molecule is COc1ccc(C=NNC(=O)CC(=O)Nc2ccc(Cl)cc2)cc1. The summed E-state index contributed by atoms with van der Waals surface area (Å²) in [5, 5.41) is 6.97. The van der Waals surface area contributed by atoms with Crippen LogP contribution in [0, 0.1) is 0 Å². The molecule has 24 heavy (non-hydrogen) atoms. The number of nitrogens with one attached hydrogen (secondary N) is 2. The fraction of sp³-hybridized carbons (Fsp3) is 0.118. The van der Waals surface area contributed by atoms with Crippen LogP contribution in [-0.2, 0) is 9.59 Å². The number of ether oxygens (including phenoxy) is 1. The van der Waals surface area contributed by atoms with Crippen LogP contribution >= 0.6 is 11.6 Å².